The maximum absolute atomic E-state index is 13.8. The molecule has 3 rings (SSSR count). The summed E-state index contributed by atoms with van der Waals surface area (Å²) in [6.07, 6.45) is 2.94. The van der Waals surface area contributed by atoms with E-state index in [0.717, 1.165) is 17.4 Å². The summed E-state index contributed by atoms with van der Waals surface area (Å²) < 4.78 is 13.8. The molecule has 2 heteroatoms. The third kappa shape index (κ3) is 2.14. The van der Waals surface area contributed by atoms with Crippen LogP contribution in [-0.2, 0) is 0 Å². The molecule has 3 unspecified atom stereocenters. The van der Waals surface area contributed by atoms with Crippen molar-refractivity contribution in [1.82, 2.24) is 0 Å². The lowest BCUT2D eigenvalue weighted by atomic mass is 9.86. The van der Waals surface area contributed by atoms with Crippen molar-refractivity contribution in [2.45, 2.75) is 32.3 Å². The zero-order valence-corrected chi connectivity index (χ0v) is 11.1. The minimum Gasteiger partial charge on any atom is -0.388 e. The predicted molar refractivity (Wildman–Crippen MR) is 75.4 cm³/mol. The van der Waals surface area contributed by atoms with Crippen molar-refractivity contribution >= 4 is 10.8 Å². The van der Waals surface area contributed by atoms with Crippen LogP contribution in [0.3, 0.4) is 0 Å². The molecule has 0 heterocycles. The van der Waals surface area contributed by atoms with E-state index in [4.69, 9.17) is 0 Å². The van der Waals surface area contributed by atoms with E-state index in [1.807, 2.05) is 18.2 Å². The Kier molecular flexibility index (Phi) is 3.28. The molecule has 0 saturated heterocycles. The van der Waals surface area contributed by atoms with Gasteiger partial charge in [-0.15, -0.1) is 0 Å². The summed E-state index contributed by atoms with van der Waals surface area (Å²) >= 11 is 0. The average Bonchev–Trinajstić information content (AvgIpc) is 2.85. The number of aliphatic hydroxyl groups is 1. The Labute approximate surface area is 113 Å². The molecule has 0 aromatic heterocycles. The number of halogens is 1. The molecule has 1 nitrogen and oxygen atoms in total. The third-order valence-corrected chi connectivity index (χ3v) is 4.56. The first-order valence-electron chi connectivity index (χ1n) is 7.03. The molecular formula is C17H19FO. The van der Waals surface area contributed by atoms with Crippen LogP contribution >= 0.6 is 0 Å². The monoisotopic (exact) mass is 258 g/mol. The molecule has 0 spiro atoms. The van der Waals surface area contributed by atoms with Gasteiger partial charge in [-0.05, 0) is 35.3 Å². The maximum atomic E-state index is 13.8. The Hall–Kier alpha value is -1.41. The second kappa shape index (κ2) is 4.93. The SMILES string of the molecule is CC1CCCC1C(O)c1ccc(F)c2ccccc12. The van der Waals surface area contributed by atoms with Gasteiger partial charge in [0.05, 0.1) is 6.10 Å². The quantitative estimate of drug-likeness (QED) is 0.843. The van der Waals surface area contributed by atoms with Gasteiger partial charge in [0.1, 0.15) is 5.82 Å². The molecule has 1 fully saturated rings. The zero-order chi connectivity index (χ0) is 13.4. The fourth-order valence-corrected chi connectivity index (χ4v) is 3.42. The summed E-state index contributed by atoms with van der Waals surface area (Å²) in [5.74, 6) is 0.624. The number of rotatable bonds is 2. The predicted octanol–water partition coefficient (Wildman–Crippen LogP) is 4.45. The lowest BCUT2D eigenvalue weighted by molar-refractivity contribution is 0.0913. The molecule has 19 heavy (non-hydrogen) atoms. The van der Waals surface area contributed by atoms with Crippen LogP contribution in [-0.4, -0.2) is 5.11 Å². The highest BCUT2D eigenvalue weighted by atomic mass is 19.1. The van der Waals surface area contributed by atoms with Crippen LogP contribution in [0.25, 0.3) is 10.8 Å². The number of benzene rings is 2. The second-order valence-corrected chi connectivity index (χ2v) is 5.70. The highest BCUT2D eigenvalue weighted by molar-refractivity contribution is 5.86. The van der Waals surface area contributed by atoms with Crippen molar-refractivity contribution in [1.29, 1.82) is 0 Å². The molecule has 3 atom stereocenters. The Morgan fingerprint density at radius 3 is 2.53 bits per heavy atom. The van der Waals surface area contributed by atoms with Crippen LogP contribution in [0, 0.1) is 17.7 Å². The fraction of sp³-hybridized carbons (Fsp3) is 0.412. The molecule has 1 N–H and O–H groups in total. The standard InChI is InChI=1S/C17H19FO/c1-11-5-4-8-12(11)17(19)15-9-10-16(18)14-7-3-2-6-13(14)15/h2-3,6-7,9-12,17,19H,4-5,8H2,1H3. The number of hydrogen-bond acceptors (Lipinski definition) is 1. The smallest absolute Gasteiger partial charge is 0.131 e. The first-order valence-corrected chi connectivity index (χ1v) is 7.03. The number of fused-ring (bicyclic) bond motifs is 1. The van der Waals surface area contributed by atoms with E-state index in [-0.39, 0.29) is 5.82 Å². The molecule has 0 radical (unpaired) electrons. The first-order chi connectivity index (χ1) is 9.18. The van der Waals surface area contributed by atoms with Crippen LogP contribution in [0.2, 0.25) is 0 Å². The van der Waals surface area contributed by atoms with Gasteiger partial charge in [0.15, 0.2) is 0 Å². The molecule has 0 aliphatic heterocycles. The molecular weight excluding hydrogens is 239 g/mol. The van der Waals surface area contributed by atoms with Crippen molar-refractivity contribution in [3.63, 3.8) is 0 Å². The van der Waals surface area contributed by atoms with E-state index >= 15 is 0 Å². The van der Waals surface area contributed by atoms with Gasteiger partial charge in [0, 0.05) is 5.39 Å². The number of aliphatic hydroxyl groups excluding tert-OH is 1. The second-order valence-electron chi connectivity index (χ2n) is 5.70. The molecule has 100 valence electrons. The summed E-state index contributed by atoms with van der Waals surface area (Å²) in [6, 6.07) is 10.6. The largest absolute Gasteiger partial charge is 0.388 e. The molecule has 0 bridgehead atoms. The average molecular weight is 258 g/mol. The lowest BCUT2D eigenvalue weighted by Gasteiger charge is -2.23. The van der Waals surface area contributed by atoms with Crippen LogP contribution in [0.15, 0.2) is 36.4 Å². The molecule has 1 aliphatic rings. The Balaban J connectivity index is 2.07. The summed E-state index contributed by atoms with van der Waals surface area (Å²) in [7, 11) is 0. The first kappa shape index (κ1) is 12.6. The molecule has 0 amide bonds. The van der Waals surface area contributed by atoms with Crippen molar-refractivity contribution in [2.75, 3.05) is 0 Å². The fourth-order valence-electron chi connectivity index (χ4n) is 3.42. The summed E-state index contributed by atoms with van der Waals surface area (Å²) in [5, 5.41) is 12.1. The molecule has 1 saturated carbocycles. The topological polar surface area (TPSA) is 20.2 Å². The van der Waals surface area contributed by atoms with Crippen LogP contribution in [0.1, 0.15) is 37.9 Å². The van der Waals surface area contributed by atoms with E-state index < -0.39 is 6.10 Å². The van der Waals surface area contributed by atoms with E-state index in [2.05, 4.69) is 6.92 Å². The Bertz CT molecular complexity index is 593. The summed E-state index contributed by atoms with van der Waals surface area (Å²) in [5.41, 5.74) is 0.871. The van der Waals surface area contributed by atoms with Crippen molar-refractivity contribution < 1.29 is 9.50 Å². The lowest BCUT2D eigenvalue weighted by Crippen LogP contribution is -2.15. The Morgan fingerprint density at radius 2 is 1.84 bits per heavy atom. The van der Waals surface area contributed by atoms with E-state index in [1.165, 1.54) is 18.9 Å². The van der Waals surface area contributed by atoms with Crippen molar-refractivity contribution in [2.24, 2.45) is 11.8 Å². The highest BCUT2D eigenvalue weighted by Gasteiger charge is 2.31. The van der Waals surface area contributed by atoms with E-state index in [0.29, 0.717) is 17.2 Å². The Morgan fingerprint density at radius 1 is 1.11 bits per heavy atom. The van der Waals surface area contributed by atoms with Crippen LogP contribution in [0.5, 0.6) is 0 Å². The zero-order valence-electron chi connectivity index (χ0n) is 11.1. The van der Waals surface area contributed by atoms with Gasteiger partial charge < -0.3 is 5.11 Å². The van der Waals surface area contributed by atoms with Crippen molar-refractivity contribution in [3.8, 4) is 0 Å². The maximum Gasteiger partial charge on any atom is 0.131 e. The van der Waals surface area contributed by atoms with Crippen molar-refractivity contribution in [3.05, 3.63) is 47.8 Å². The minimum absolute atomic E-state index is 0.217. The van der Waals surface area contributed by atoms with Crippen LogP contribution in [0.4, 0.5) is 4.39 Å². The molecule has 1 aliphatic carbocycles. The van der Waals surface area contributed by atoms with Gasteiger partial charge in [-0.2, -0.15) is 0 Å². The van der Waals surface area contributed by atoms with Crippen LogP contribution < -0.4 is 0 Å². The van der Waals surface area contributed by atoms with E-state index in [9.17, 15) is 9.50 Å². The summed E-state index contributed by atoms with van der Waals surface area (Å²) in [4.78, 5) is 0. The minimum atomic E-state index is -0.483. The van der Waals surface area contributed by atoms with Gasteiger partial charge >= 0.3 is 0 Å². The van der Waals surface area contributed by atoms with Gasteiger partial charge in [-0.1, -0.05) is 50.1 Å². The normalized spacial score (nSPS) is 24.8. The third-order valence-electron chi connectivity index (χ3n) is 4.56. The summed E-state index contributed by atoms with van der Waals surface area (Å²) in [6.45, 7) is 2.20. The van der Waals surface area contributed by atoms with Gasteiger partial charge in [0.2, 0.25) is 0 Å². The number of hydrogen-bond donors (Lipinski definition) is 1. The molecule has 2 aromatic carbocycles. The van der Waals surface area contributed by atoms with Gasteiger partial charge in [0.25, 0.3) is 0 Å². The van der Waals surface area contributed by atoms with Gasteiger partial charge in [-0.3, -0.25) is 0 Å². The molecule has 2 aromatic rings. The highest BCUT2D eigenvalue weighted by Crippen LogP contribution is 2.41. The van der Waals surface area contributed by atoms with Gasteiger partial charge in [-0.25, -0.2) is 4.39 Å². The van der Waals surface area contributed by atoms with E-state index in [1.54, 1.807) is 12.1 Å².